The highest BCUT2D eigenvalue weighted by atomic mass is 19.4. The third-order valence-electron chi connectivity index (χ3n) is 2.10. The minimum atomic E-state index is -4.50. The van der Waals surface area contributed by atoms with Gasteiger partial charge in [-0.25, -0.2) is 5.10 Å². The largest absolute Gasteiger partial charge is 0.417 e. The van der Waals surface area contributed by atoms with Crippen LogP contribution in [0.15, 0.2) is 35.5 Å². The molecular formula is C10H6F3N3O. The average molecular weight is 241 g/mol. The van der Waals surface area contributed by atoms with E-state index >= 15 is 0 Å². The Labute approximate surface area is 93.1 Å². The Morgan fingerprint density at radius 1 is 1.24 bits per heavy atom. The molecular weight excluding hydrogens is 235 g/mol. The second-order valence-electron chi connectivity index (χ2n) is 3.25. The number of hydrogen-bond acceptors (Lipinski definition) is 3. The van der Waals surface area contributed by atoms with Gasteiger partial charge in [-0.15, -0.1) is 0 Å². The molecule has 0 saturated heterocycles. The van der Waals surface area contributed by atoms with E-state index in [4.69, 9.17) is 0 Å². The van der Waals surface area contributed by atoms with Crippen LogP contribution in [0.4, 0.5) is 13.2 Å². The summed E-state index contributed by atoms with van der Waals surface area (Å²) >= 11 is 0. The quantitative estimate of drug-likeness (QED) is 0.828. The van der Waals surface area contributed by atoms with Crippen LogP contribution in [0.2, 0.25) is 0 Å². The van der Waals surface area contributed by atoms with E-state index in [0.29, 0.717) is 0 Å². The fourth-order valence-electron chi connectivity index (χ4n) is 1.40. The van der Waals surface area contributed by atoms with Crippen LogP contribution in [-0.4, -0.2) is 15.2 Å². The highest BCUT2D eigenvalue weighted by Gasteiger charge is 2.33. The molecule has 0 unspecified atom stereocenters. The molecule has 0 aliphatic rings. The first-order valence-electron chi connectivity index (χ1n) is 4.55. The molecule has 4 nitrogen and oxygen atoms in total. The van der Waals surface area contributed by atoms with Gasteiger partial charge in [0.1, 0.15) is 0 Å². The number of hydrogen-bond donors (Lipinski definition) is 1. The molecule has 0 aliphatic heterocycles. The normalized spacial score (nSPS) is 11.5. The van der Waals surface area contributed by atoms with Crippen molar-refractivity contribution in [1.82, 2.24) is 15.2 Å². The summed E-state index contributed by atoms with van der Waals surface area (Å²) in [4.78, 5) is 14.6. The van der Waals surface area contributed by atoms with Crippen molar-refractivity contribution in [1.29, 1.82) is 0 Å². The van der Waals surface area contributed by atoms with Gasteiger partial charge in [-0.05, 0) is 6.07 Å². The zero-order chi connectivity index (χ0) is 12.5. The SMILES string of the molecule is O=c1cc(-c2cnccc2C(F)(F)F)cn[nH]1. The van der Waals surface area contributed by atoms with Gasteiger partial charge in [0.25, 0.3) is 5.56 Å². The van der Waals surface area contributed by atoms with Crippen molar-refractivity contribution in [2.24, 2.45) is 0 Å². The Kier molecular flexibility index (Phi) is 2.66. The Balaban J connectivity index is 2.64. The maximum absolute atomic E-state index is 12.7. The van der Waals surface area contributed by atoms with Gasteiger partial charge < -0.3 is 0 Å². The number of nitrogens with zero attached hydrogens (tertiary/aromatic N) is 2. The maximum Gasteiger partial charge on any atom is 0.417 e. The van der Waals surface area contributed by atoms with Crippen molar-refractivity contribution >= 4 is 0 Å². The number of rotatable bonds is 1. The summed E-state index contributed by atoms with van der Waals surface area (Å²) in [5.74, 6) is 0. The van der Waals surface area contributed by atoms with E-state index in [1.807, 2.05) is 0 Å². The van der Waals surface area contributed by atoms with Crippen molar-refractivity contribution in [3.05, 3.63) is 46.6 Å². The second kappa shape index (κ2) is 4.00. The number of alkyl halides is 3. The van der Waals surface area contributed by atoms with Gasteiger partial charge in [0.05, 0.1) is 11.8 Å². The van der Waals surface area contributed by atoms with Gasteiger partial charge in [-0.3, -0.25) is 9.78 Å². The highest BCUT2D eigenvalue weighted by molar-refractivity contribution is 5.65. The van der Waals surface area contributed by atoms with Crippen molar-refractivity contribution in [3.8, 4) is 11.1 Å². The Morgan fingerprint density at radius 3 is 2.65 bits per heavy atom. The molecule has 1 N–H and O–H groups in total. The van der Waals surface area contributed by atoms with Crippen LogP contribution in [0.5, 0.6) is 0 Å². The van der Waals surface area contributed by atoms with E-state index < -0.39 is 17.3 Å². The molecule has 2 aromatic rings. The van der Waals surface area contributed by atoms with Gasteiger partial charge in [0, 0.05) is 29.6 Å². The number of halogens is 3. The lowest BCUT2D eigenvalue weighted by Crippen LogP contribution is -2.10. The summed E-state index contributed by atoms with van der Waals surface area (Å²) in [6.07, 6.45) is -1.25. The fraction of sp³-hybridized carbons (Fsp3) is 0.100. The molecule has 0 saturated carbocycles. The van der Waals surface area contributed by atoms with Crippen LogP contribution in [0.25, 0.3) is 11.1 Å². The summed E-state index contributed by atoms with van der Waals surface area (Å²) in [5.41, 5.74) is -1.51. The van der Waals surface area contributed by atoms with Crippen LogP contribution in [0, 0.1) is 0 Å². The monoisotopic (exact) mass is 241 g/mol. The van der Waals surface area contributed by atoms with Crippen LogP contribution >= 0.6 is 0 Å². The Bertz CT molecular complexity index is 592. The summed E-state index contributed by atoms with van der Waals surface area (Å²) in [5, 5.41) is 5.54. The van der Waals surface area contributed by atoms with E-state index in [9.17, 15) is 18.0 Å². The van der Waals surface area contributed by atoms with E-state index in [-0.39, 0.29) is 11.1 Å². The van der Waals surface area contributed by atoms with Gasteiger partial charge in [0.2, 0.25) is 0 Å². The van der Waals surface area contributed by atoms with Crippen LogP contribution in [-0.2, 0) is 6.18 Å². The predicted molar refractivity (Wildman–Crippen MR) is 53.1 cm³/mol. The summed E-state index contributed by atoms with van der Waals surface area (Å²) in [7, 11) is 0. The lowest BCUT2D eigenvalue weighted by molar-refractivity contribution is -0.137. The molecule has 0 aromatic carbocycles. The maximum atomic E-state index is 12.7. The van der Waals surface area contributed by atoms with Crippen LogP contribution < -0.4 is 5.56 Å². The lowest BCUT2D eigenvalue weighted by Gasteiger charge is -2.11. The lowest BCUT2D eigenvalue weighted by atomic mass is 10.0. The average Bonchev–Trinajstić information content (AvgIpc) is 2.28. The van der Waals surface area contributed by atoms with E-state index in [2.05, 4.69) is 15.2 Å². The molecule has 0 amide bonds. The third-order valence-corrected chi connectivity index (χ3v) is 2.10. The first-order chi connectivity index (χ1) is 7.98. The molecule has 2 aromatic heterocycles. The fourth-order valence-corrected chi connectivity index (χ4v) is 1.40. The molecule has 0 radical (unpaired) electrons. The molecule has 0 fully saturated rings. The summed E-state index contributed by atoms with van der Waals surface area (Å²) in [6, 6.07) is 1.90. The van der Waals surface area contributed by atoms with Gasteiger partial charge in [0.15, 0.2) is 0 Å². The zero-order valence-corrected chi connectivity index (χ0v) is 8.32. The molecule has 7 heteroatoms. The second-order valence-corrected chi connectivity index (χ2v) is 3.25. The van der Waals surface area contributed by atoms with Gasteiger partial charge >= 0.3 is 6.18 Å². The van der Waals surface area contributed by atoms with E-state index in [1.165, 1.54) is 0 Å². The standard InChI is InChI=1S/C10H6F3N3O/c11-10(12,13)8-1-2-14-5-7(8)6-3-9(17)16-15-4-6/h1-5H,(H,16,17). The first kappa shape index (κ1) is 11.3. The predicted octanol–water partition coefficient (Wildman–Crippen LogP) is 1.85. The van der Waals surface area contributed by atoms with Crippen molar-refractivity contribution in [3.63, 3.8) is 0 Å². The third kappa shape index (κ3) is 2.32. The zero-order valence-electron chi connectivity index (χ0n) is 8.32. The first-order valence-corrected chi connectivity index (χ1v) is 4.55. The smallest absolute Gasteiger partial charge is 0.268 e. The number of aromatic nitrogens is 3. The van der Waals surface area contributed by atoms with E-state index in [0.717, 1.165) is 30.7 Å². The number of aromatic amines is 1. The minimum Gasteiger partial charge on any atom is -0.268 e. The van der Waals surface area contributed by atoms with Crippen molar-refractivity contribution < 1.29 is 13.2 Å². The van der Waals surface area contributed by atoms with E-state index in [1.54, 1.807) is 0 Å². The highest BCUT2D eigenvalue weighted by Crippen LogP contribution is 2.35. The molecule has 2 heterocycles. The molecule has 0 atom stereocenters. The van der Waals surface area contributed by atoms with Gasteiger partial charge in [-0.2, -0.15) is 18.3 Å². The number of H-pyrrole nitrogens is 1. The Morgan fingerprint density at radius 2 is 2.00 bits per heavy atom. The molecule has 0 spiro atoms. The van der Waals surface area contributed by atoms with Crippen LogP contribution in [0.1, 0.15) is 5.56 Å². The topological polar surface area (TPSA) is 58.6 Å². The molecule has 2 rings (SSSR count). The molecule has 88 valence electrons. The Hall–Kier alpha value is -2.18. The minimum absolute atomic E-state index is 0.0779. The molecule has 0 aliphatic carbocycles. The van der Waals surface area contributed by atoms with Crippen molar-refractivity contribution in [2.45, 2.75) is 6.18 Å². The summed E-state index contributed by atoms with van der Waals surface area (Å²) < 4.78 is 38.1. The van der Waals surface area contributed by atoms with Crippen LogP contribution in [0.3, 0.4) is 0 Å². The molecule has 0 bridgehead atoms. The molecule has 17 heavy (non-hydrogen) atoms. The van der Waals surface area contributed by atoms with Crippen molar-refractivity contribution in [2.75, 3.05) is 0 Å². The number of pyridine rings is 1. The van der Waals surface area contributed by atoms with Gasteiger partial charge in [-0.1, -0.05) is 0 Å². The summed E-state index contributed by atoms with van der Waals surface area (Å²) in [6.45, 7) is 0. The number of nitrogens with one attached hydrogen (secondary N) is 1.